The van der Waals surface area contributed by atoms with Crippen LogP contribution in [-0.4, -0.2) is 92.5 Å². The third kappa shape index (κ3) is 8.21. The highest BCUT2D eigenvalue weighted by Crippen LogP contribution is 2.29. The Morgan fingerprint density at radius 2 is 1.82 bits per heavy atom. The number of nitrogens with one attached hydrogen (secondary N) is 1. The molecule has 3 aromatic rings. The number of aliphatic hydroxyl groups excluding tert-OH is 1. The first-order valence-electron chi connectivity index (χ1n) is 15.6. The van der Waals surface area contributed by atoms with E-state index < -0.39 is 6.04 Å². The van der Waals surface area contributed by atoms with Crippen LogP contribution in [0.25, 0.3) is 10.8 Å². The topological polar surface area (TPSA) is 94.6 Å². The van der Waals surface area contributed by atoms with E-state index in [2.05, 4.69) is 5.32 Å². The highest BCUT2D eigenvalue weighted by Gasteiger charge is 2.31. The highest BCUT2D eigenvalue weighted by molar-refractivity contribution is 6.01. The summed E-state index contributed by atoms with van der Waals surface area (Å²) in [6.07, 6.45) is 2.16. The number of amides is 3. The summed E-state index contributed by atoms with van der Waals surface area (Å²) in [6, 6.07) is 18.8. The first-order valence-corrected chi connectivity index (χ1v) is 15.6. The molecule has 1 heterocycles. The van der Waals surface area contributed by atoms with Crippen molar-refractivity contribution in [3.63, 3.8) is 0 Å². The lowest BCUT2D eigenvalue weighted by atomic mass is 10.0. The van der Waals surface area contributed by atoms with Gasteiger partial charge in [0, 0.05) is 57.8 Å². The molecule has 0 spiro atoms. The van der Waals surface area contributed by atoms with Gasteiger partial charge in [0.1, 0.15) is 5.75 Å². The number of anilines is 2. The van der Waals surface area contributed by atoms with Crippen molar-refractivity contribution < 1.29 is 24.2 Å². The second kappa shape index (κ2) is 15.3. The summed E-state index contributed by atoms with van der Waals surface area (Å²) in [5.74, 6) is 0.205. The molecule has 0 unspecified atom stereocenters. The minimum Gasteiger partial charge on any atom is -0.490 e. The highest BCUT2D eigenvalue weighted by atomic mass is 16.5. The Bertz CT molecular complexity index is 1410. The Balaban J connectivity index is 1.58. The zero-order valence-electron chi connectivity index (χ0n) is 27.0. The quantitative estimate of drug-likeness (QED) is 0.366. The van der Waals surface area contributed by atoms with Crippen LogP contribution >= 0.6 is 0 Å². The molecule has 0 aliphatic carbocycles. The summed E-state index contributed by atoms with van der Waals surface area (Å²) in [5.41, 5.74) is 2.11. The average molecular weight is 605 g/mol. The molecule has 9 nitrogen and oxygen atoms in total. The molecule has 0 saturated carbocycles. The molecule has 1 aliphatic heterocycles. The van der Waals surface area contributed by atoms with Crippen molar-refractivity contribution in [2.75, 3.05) is 57.7 Å². The normalized spacial score (nSPS) is 20.7. The SMILES string of the molecule is C[C@H](CO)N1C[C@H](C)[C@H](CN(C)C(=O)Nc2cccc3ccccc23)OCCCC[C@H](C)Oc2ccc(N(C)C)cc2C1=O. The summed E-state index contributed by atoms with van der Waals surface area (Å²) in [4.78, 5) is 32.9. The molecular weight excluding hydrogens is 556 g/mol. The number of carbonyl (C=O) groups is 2. The first-order chi connectivity index (χ1) is 21.1. The summed E-state index contributed by atoms with van der Waals surface area (Å²) in [6.45, 7) is 6.92. The van der Waals surface area contributed by atoms with Crippen LogP contribution in [-0.2, 0) is 4.74 Å². The van der Waals surface area contributed by atoms with E-state index in [1.807, 2.05) is 100 Å². The van der Waals surface area contributed by atoms with Gasteiger partial charge in [-0.15, -0.1) is 0 Å². The molecule has 4 rings (SSSR count). The molecule has 3 amide bonds. The molecule has 4 atom stereocenters. The van der Waals surface area contributed by atoms with Gasteiger partial charge >= 0.3 is 6.03 Å². The standard InChI is InChI=1S/C35H48N4O5/c1-24-21-39(25(2)23-40)34(41)30-20-28(37(4)5)17-18-32(30)44-26(3)12-9-10-19-43-33(24)22-38(6)35(42)36-31-16-11-14-27-13-7-8-15-29(27)31/h7-8,11,13-18,20,24-26,33,40H,9-10,12,19,21-23H2,1-6H3,(H,36,42)/t24-,25+,26-,33-/m0/s1. The predicted octanol–water partition coefficient (Wildman–Crippen LogP) is 5.87. The Hall–Kier alpha value is -3.82. The van der Waals surface area contributed by atoms with Crippen molar-refractivity contribution in [2.24, 2.45) is 5.92 Å². The van der Waals surface area contributed by atoms with Crippen LogP contribution in [0.3, 0.4) is 0 Å². The Morgan fingerprint density at radius 1 is 1.07 bits per heavy atom. The molecule has 1 aliphatic rings. The number of urea groups is 1. The second-order valence-electron chi connectivity index (χ2n) is 12.2. The number of rotatable bonds is 6. The van der Waals surface area contributed by atoms with E-state index in [1.54, 1.807) is 16.8 Å². The van der Waals surface area contributed by atoms with Gasteiger partial charge in [-0.05, 0) is 62.8 Å². The van der Waals surface area contributed by atoms with Crippen LogP contribution in [0, 0.1) is 5.92 Å². The van der Waals surface area contributed by atoms with Crippen molar-refractivity contribution in [3.05, 3.63) is 66.2 Å². The van der Waals surface area contributed by atoms with Gasteiger partial charge in [0.2, 0.25) is 0 Å². The smallest absolute Gasteiger partial charge is 0.321 e. The van der Waals surface area contributed by atoms with Gasteiger partial charge < -0.3 is 34.6 Å². The van der Waals surface area contributed by atoms with Crippen LogP contribution < -0.4 is 15.0 Å². The maximum absolute atomic E-state index is 14.2. The van der Waals surface area contributed by atoms with Crippen LogP contribution in [0.15, 0.2) is 60.7 Å². The zero-order chi connectivity index (χ0) is 31.8. The molecule has 238 valence electrons. The zero-order valence-corrected chi connectivity index (χ0v) is 27.0. The van der Waals surface area contributed by atoms with Crippen LogP contribution in [0.5, 0.6) is 5.75 Å². The number of ether oxygens (including phenoxy) is 2. The van der Waals surface area contributed by atoms with Crippen LogP contribution in [0.4, 0.5) is 16.2 Å². The maximum Gasteiger partial charge on any atom is 0.321 e. The molecule has 3 aromatic carbocycles. The van der Waals surface area contributed by atoms with Crippen molar-refractivity contribution in [1.82, 2.24) is 9.80 Å². The Kier molecular flexibility index (Phi) is 11.5. The number of fused-ring (bicyclic) bond motifs is 2. The lowest BCUT2D eigenvalue weighted by Gasteiger charge is -2.36. The van der Waals surface area contributed by atoms with Crippen molar-refractivity contribution in [2.45, 2.75) is 58.3 Å². The van der Waals surface area contributed by atoms with Crippen molar-refractivity contribution in [3.8, 4) is 5.75 Å². The van der Waals surface area contributed by atoms with Crippen molar-refractivity contribution in [1.29, 1.82) is 0 Å². The molecule has 2 N–H and O–H groups in total. The van der Waals surface area contributed by atoms with Gasteiger partial charge in [-0.3, -0.25) is 4.79 Å². The maximum atomic E-state index is 14.2. The van der Waals surface area contributed by atoms with Crippen LogP contribution in [0.2, 0.25) is 0 Å². The Labute approximate surface area is 261 Å². The van der Waals surface area contributed by atoms with E-state index in [4.69, 9.17) is 9.47 Å². The van der Waals surface area contributed by atoms with E-state index in [0.29, 0.717) is 31.0 Å². The fourth-order valence-electron chi connectivity index (χ4n) is 5.55. The van der Waals surface area contributed by atoms with Gasteiger partial charge in [-0.1, -0.05) is 43.3 Å². The van der Waals surface area contributed by atoms with Gasteiger partial charge in [0.05, 0.1) is 36.1 Å². The predicted molar refractivity (Wildman–Crippen MR) is 177 cm³/mol. The number of benzene rings is 3. The number of likely N-dealkylation sites (N-methyl/N-ethyl adjacent to an activating group) is 1. The molecule has 0 aromatic heterocycles. The number of nitrogens with zero attached hydrogens (tertiary/aromatic N) is 3. The fourth-order valence-corrected chi connectivity index (χ4v) is 5.55. The average Bonchev–Trinajstić information content (AvgIpc) is 3.01. The second-order valence-corrected chi connectivity index (χ2v) is 12.2. The lowest BCUT2D eigenvalue weighted by molar-refractivity contribution is -0.0115. The number of hydrogen-bond acceptors (Lipinski definition) is 6. The van der Waals surface area contributed by atoms with Gasteiger partial charge in [-0.25, -0.2) is 4.79 Å². The molecule has 0 saturated heterocycles. The van der Waals surface area contributed by atoms with E-state index in [1.165, 1.54) is 0 Å². The number of carbonyl (C=O) groups excluding carboxylic acids is 2. The molecule has 0 fully saturated rings. The molecule has 0 bridgehead atoms. The molecular formula is C35H48N4O5. The van der Waals surface area contributed by atoms with Crippen molar-refractivity contribution >= 4 is 34.1 Å². The minimum absolute atomic E-state index is 0.0861. The molecule has 44 heavy (non-hydrogen) atoms. The summed E-state index contributed by atoms with van der Waals surface area (Å²) >= 11 is 0. The van der Waals surface area contributed by atoms with Gasteiger partial charge in [0.15, 0.2) is 0 Å². The third-order valence-corrected chi connectivity index (χ3v) is 8.38. The summed E-state index contributed by atoms with van der Waals surface area (Å²) in [7, 11) is 5.63. The van der Waals surface area contributed by atoms with E-state index in [0.717, 1.165) is 41.4 Å². The van der Waals surface area contributed by atoms with E-state index >= 15 is 0 Å². The molecule has 9 heteroatoms. The van der Waals surface area contributed by atoms with Gasteiger partial charge in [-0.2, -0.15) is 0 Å². The largest absolute Gasteiger partial charge is 0.490 e. The van der Waals surface area contributed by atoms with E-state index in [9.17, 15) is 14.7 Å². The number of hydrogen-bond donors (Lipinski definition) is 2. The van der Waals surface area contributed by atoms with E-state index in [-0.39, 0.29) is 36.7 Å². The lowest BCUT2D eigenvalue weighted by Crippen LogP contribution is -2.48. The monoisotopic (exact) mass is 604 g/mol. The summed E-state index contributed by atoms with van der Waals surface area (Å²) < 4.78 is 12.7. The fraction of sp³-hybridized carbons (Fsp3) is 0.486. The third-order valence-electron chi connectivity index (χ3n) is 8.38. The minimum atomic E-state index is -0.431. The number of aliphatic hydroxyl groups is 1. The first kappa shape index (κ1) is 33.1. The Morgan fingerprint density at radius 3 is 2.57 bits per heavy atom. The van der Waals surface area contributed by atoms with Gasteiger partial charge in [0.25, 0.3) is 5.91 Å². The molecule has 0 radical (unpaired) electrons. The summed E-state index contributed by atoms with van der Waals surface area (Å²) in [5, 5.41) is 15.3. The van der Waals surface area contributed by atoms with Crippen LogP contribution in [0.1, 0.15) is 50.4 Å².